The number of hydrogen-bond donors (Lipinski definition) is 1. The van der Waals surface area contributed by atoms with Gasteiger partial charge in [0.1, 0.15) is 11.5 Å². The Hall–Kier alpha value is -2.49. The second-order valence-corrected chi connectivity index (χ2v) is 5.81. The average Bonchev–Trinajstić information content (AvgIpc) is 2.60. The van der Waals surface area contributed by atoms with Crippen LogP contribution in [0.4, 0.5) is 5.69 Å². The van der Waals surface area contributed by atoms with Gasteiger partial charge in [0.25, 0.3) is 0 Å². The molecule has 0 fully saturated rings. The van der Waals surface area contributed by atoms with E-state index in [2.05, 4.69) is 4.99 Å². The Labute approximate surface area is 149 Å². The van der Waals surface area contributed by atoms with Crippen molar-refractivity contribution in [3.05, 3.63) is 82.3 Å². The molecule has 0 amide bonds. The van der Waals surface area contributed by atoms with Crippen molar-refractivity contribution in [3.8, 4) is 17.2 Å². The van der Waals surface area contributed by atoms with Crippen LogP contribution in [0, 0.1) is 0 Å². The Balaban J connectivity index is 1.72. The van der Waals surface area contributed by atoms with Crippen LogP contribution in [-0.4, -0.2) is 11.3 Å². The standard InChI is InChI=1S/C19H13Cl2NO2/c20-17-10-13(11-18(21)19(17)23)12-22-14-6-8-16(9-7-14)24-15-4-2-1-3-5-15/h1-12,23H. The van der Waals surface area contributed by atoms with Crippen molar-refractivity contribution >= 4 is 35.1 Å². The van der Waals surface area contributed by atoms with Crippen LogP contribution in [0.5, 0.6) is 17.2 Å². The number of phenolic OH excluding ortho intramolecular Hbond substituents is 1. The van der Waals surface area contributed by atoms with Crippen LogP contribution in [0.15, 0.2) is 71.7 Å². The van der Waals surface area contributed by atoms with Crippen LogP contribution in [0.1, 0.15) is 5.56 Å². The lowest BCUT2D eigenvalue weighted by molar-refractivity contribution is 0.476. The third-order valence-corrected chi connectivity index (χ3v) is 3.79. The summed E-state index contributed by atoms with van der Waals surface area (Å²) in [4.78, 5) is 4.36. The van der Waals surface area contributed by atoms with E-state index >= 15 is 0 Å². The number of aliphatic imine (C=N–C) groups is 1. The maximum absolute atomic E-state index is 9.55. The highest BCUT2D eigenvalue weighted by Crippen LogP contribution is 2.32. The molecule has 0 saturated carbocycles. The molecule has 0 radical (unpaired) electrons. The fraction of sp³-hybridized carbons (Fsp3) is 0. The normalized spacial score (nSPS) is 10.9. The van der Waals surface area contributed by atoms with Gasteiger partial charge in [-0.05, 0) is 54.1 Å². The third kappa shape index (κ3) is 4.07. The van der Waals surface area contributed by atoms with E-state index in [1.165, 1.54) is 0 Å². The minimum atomic E-state index is -0.127. The summed E-state index contributed by atoms with van der Waals surface area (Å²) in [6, 6.07) is 20.1. The van der Waals surface area contributed by atoms with Gasteiger partial charge in [0.05, 0.1) is 15.7 Å². The van der Waals surface area contributed by atoms with Gasteiger partial charge in [0.15, 0.2) is 5.75 Å². The van der Waals surface area contributed by atoms with Gasteiger partial charge in [-0.15, -0.1) is 0 Å². The molecule has 0 unspecified atom stereocenters. The highest BCUT2D eigenvalue weighted by atomic mass is 35.5. The fourth-order valence-electron chi connectivity index (χ4n) is 2.03. The first-order valence-corrected chi connectivity index (χ1v) is 7.92. The second kappa shape index (κ2) is 7.39. The molecule has 120 valence electrons. The quantitative estimate of drug-likeness (QED) is 0.561. The van der Waals surface area contributed by atoms with Crippen molar-refractivity contribution in [2.45, 2.75) is 0 Å². The highest BCUT2D eigenvalue weighted by Gasteiger charge is 2.05. The number of phenols is 1. The number of hydrogen-bond acceptors (Lipinski definition) is 3. The number of ether oxygens (including phenoxy) is 1. The van der Waals surface area contributed by atoms with E-state index in [9.17, 15) is 5.11 Å². The van der Waals surface area contributed by atoms with Crippen LogP contribution in [0.3, 0.4) is 0 Å². The summed E-state index contributed by atoms with van der Waals surface area (Å²) in [5.74, 6) is 1.39. The number of benzene rings is 3. The number of halogens is 2. The van der Waals surface area contributed by atoms with E-state index in [-0.39, 0.29) is 15.8 Å². The maximum Gasteiger partial charge on any atom is 0.152 e. The zero-order valence-electron chi connectivity index (χ0n) is 12.5. The van der Waals surface area contributed by atoms with Crippen LogP contribution in [0.2, 0.25) is 10.0 Å². The van der Waals surface area contributed by atoms with Gasteiger partial charge in [0.2, 0.25) is 0 Å². The van der Waals surface area contributed by atoms with Gasteiger partial charge in [-0.1, -0.05) is 41.4 Å². The first-order valence-electron chi connectivity index (χ1n) is 7.17. The summed E-state index contributed by atoms with van der Waals surface area (Å²) in [5.41, 5.74) is 1.46. The molecule has 0 spiro atoms. The van der Waals surface area contributed by atoms with Crippen LogP contribution in [0.25, 0.3) is 0 Å². The molecule has 0 atom stereocenters. The molecule has 0 aromatic heterocycles. The first-order chi connectivity index (χ1) is 11.6. The van der Waals surface area contributed by atoms with Crippen LogP contribution < -0.4 is 4.74 Å². The minimum Gasteiger partial charge on any atom is -0.505 e. The predicted molar refractivity (Wildman–Crippen MR) is 98.3 cm³/mol. The van der Waals surface area contributed by atoms with Gasteiger partial charge in [-0.2, -0.15) is 0 Å². The topological polar surface area (TPSA) is 41.8 Å². The molecule has 0 saturated heterocycles. The van der Waals surface area contributed by atoms with Crippen molar-refractivity contribution < 1.29 is 9.84 Å². The number of aromatic hydroxyl groups is 1. The van der Waals surface area contributed by atoms with Gasteiger partial charge >= 0.3 is 0 Å². The van der Waals surface area contributed by atoms with Gasteiger partial charge in [-0.3, -0.25) is 4.99 Å². The van der Waals surface area contributed by atoms with Crippen molar-refractivity contribution in [1.82, 2.24) is 0 Å². The monoisotopic (exact) mass is 357 g/mol. The summed E-state index contributed by atoms with van der Waals surface area (Å²) in [5, 5.41) is 9.93. The van der Waals surface area contributed by atoms with Crippen molar-refractivity contribution in [2.75, 3.05) is 0 Å². The van der Waals surface area contributed by atoms with E-state index in [1.807, 2.05) is 54.6 Å². The smallest absolute Gasteiger partial charge is 0.152 e. The molecule has 0 heterocycles. The highest BCUT2D eigenvalue weighted by molar-refractivity contribution is 6.37. The molecule has 3 rings (SSSR count). The molecule has 0 aliphatic rings. The Morgan fingerprint density at radius 2 is 1.42 bits per heavy atom. The van der Waals surface area contributed by atoms with E-state index in [0.717, 1.165) is 17.2 Å². The van der Waals surface area contributed by atoms with Gasteiger partial charge in [-0.25, -0.2) is 0 Å². The molecular weight excluding hydrogens is 345 g/mol. The zero-order chi connectivity index (χ0) is 16.9. The van der Waals surface area contributed by atoms with E-state index in [1.54, 1.807) is 18.3 Å². The molecule has 5 heteroatoms. The lowest BCUT2D eigenvalue weighted by atomic mass is 10.2. The van der Waals surface area contributed by atoms with Crippen LogP contribution >= 0.6 is 23.2 Å². The minimum absolute atomic E-state index is 0.127. The third-order valence-electron chi connectivity index (χ3n) is 3.22. The van der Waals surface area contributed by atoms with E-state index in [0.29, 0.717) is 5.56 Å². The predicted octanol–water partition coefficient (Wildman–Crippen LogP) is 6.24. The van der Waals surface area contributed by atoms with Crippen molar-refractivity contribution in [1.29, 1.82) is 0 Å². The van der Waals surface area contributed by atoms with Gasteiger partial charge in [0, 0.05) is 6.21 Å². The Morgan fingerprint density at radius 3 is 2.04 bits per heavy atom. The molecule has 3 aromatic carbocycles. The lowest BCUT2D eigenvalue weighted by Crippen LogP contribution is -1.84. The molecule has 0 aliphatic carbocycles. The zero-order valence-corrected chi connectivity index (χ0v) is 14.0. The van der Waals surface area contributed by atoms with Crippen molar-refractivity contribution in [2.24, 2.45) is 4.99 Å². The molecule has 3 aromatic rings. The number of para-hydroxylation sites is 1. The average molecular weight is 358 g/mol. The van der Waals surface area contributed by atoms with Gasteiger partial charge < -0.3 is 9.84 Å². The molecule has 0 bridgehead atoms. The first kappa shape index (κ1) is 16.4. The van der Waals surface area contributed by atoms with E-state index < -0.39 is 0 Å². The molecule has 0 aliphatic heterocycles. The Morgan fingerprint density at radius 1 is 0.833 bits per heavy atom. The summed E-state index contributed by atoms with van der Waals surface area (Å²) < 4.78 is 5.73. The van der Waals surface area contributed by atoms with E-state index in [4.69, 9.17) is 27.9 Å². The SMILES string of the molecule is Oc1c(Cl)cc(C=Nc2ccc(Oc3ccccc3)cc2)cc1Cl. The molecule has 24 heavy (non-hydrogen) atoms. The summed E-state index contributed by atoms with van der Waals surface area (Å²) in [6.45, 7) is 0. The largest absolute Gasteiger partial charge is 0.505 e. The summed E-state index contributed by atoms with van der Waals surface area (Å²) in [6.07, 6.45) is 1.63. The lowest BCUT2D eigenvalue weighted by Gasteiger charge is -2.05. The second-order valence-electron chi connectivity index (χ2n) is 5.00. The van der Waals surface area contributed by atoms with Crippen LogP contribution in [-0.2, 0) is 0 Å². The summed E-state index contributed by atoms with van der Waals surface area (Å²) in [7, 11) is 0. The molecular formula is C19H13Cl2NO2. The maximum atomic E-state index is 9.55. The Kier molecular flexibility index (Phi) is 5.04. The number of nitrogens with zero attached hydrogens (tertiary/aromatic N) is 1. The molecule has 1 N–H and O–H groups in total. The number of rotatable bonds is 4. The van der Waals surface area contributed by atoms with Crippen molar-refractivity contribution in [3.63, 3.8) is 0 Å². The summed E-state index contributed by atoms with van der Waals surface area (Å²) >= 11 is 11.8. The molecule has 3 nitrogen and oxygen atoms in total. The fourth-order valence-corrected chi connectivity index (χ4v) is 2.54. The Bertz CT molecular complexity index is 839.